The topological polar surface area (TPSA) is 92.6 Å². The van der Waals surface area contributed by atoms with E-state index in [1.165, 1.54) is 23.5 Å². The number of fused-ring (bicyclic) bond motifs is 2. The molecule has 9 heteroatoms. The van der Waals surface area contributed by atoms with Crippen LogP contribution in [0.1, 0.15) is 11.3 Å². The maximum Gasteiger partial charge on any atom is 0.240 e. The molecular weight excluding hydrogens is 336 g/mol. The van der Waals surface area contributed by atoms with Crippen LogP contribution in [-0.4, -0.2) is 23.7 Å². The Bertz CT molecular complexity index is 991. The van der Waals surface area contributed by atoms with Gasteiger partial charge in [-0.3, -0.25) is 9.20 Å². The summed E-state index contributed by atoms with van der Waals surface area (Å²) in [5.41, 5.74) is 2.02. The van der Waals surface area contributed by atoms with Crippen molar-refractivity contribution in [1.29, 1.82) is 0 Å². The molecule has 3 aromatic rings. The number of nitrogens with zero attached hydrogens (tertiary/aromatic N) is 2. The van der Waals surface area contributed by atoms with E-state index in [-0.39, 0.29) is 23.8 Å². The predicted molar refractivity (Wildman–Crippen MR) is 85.9 cm³/mol. The van der Waals surface area contributed by atoms with Crippen LogP contribution in [0.25, 0.3) is 4.96 Å². The summed E-state index contributed by atoms with van der Waals surface area (Å²) in [7, 11) is -3.65. The molecule has 0 aliphatic carbocycles. The molecule has 23 heavy (non-hydrogen) atoms. The van der Waals surface area contributed by atoms with Gasteiger partial charge in [0.25, 0.3) is 0 Å². The van der Waals surface area contributed by atoms with Gasteiger partial charge < -0.3 is 5.32 Å². The number of imidazole rings is 1. The molecular formula is C14H12N4O3S2. The van der Waals surface area contributed by atoms with Gasteiger partial charge in [0.2, 0.25) is 15.9 Å². The van der Waals surface area contributed by atoms with Crippen molar-refractivity contribution in [3.05, 3.63) is 47.2 Å². The van der Waals surface area contributed by atoms with Gasteiger partial charge in [0, 0.05) is 23.5 Å². The fourth-order valence-electron chi connectivity index (χ4n) is 2.49. The van der Waals surface area contributed by atoms with Crippen LogP contribution in [-0.2, 0) is 27.8 Å². The van der Waals surface area contributed by atoms with Crippen LogP contribution in [0.3, 0.4) is 0 Å². The Morgan fingerprint density at radius 1 is 1.39 bits per heavy atom. The van der Waals surface area contributed by atoms with E-state index in [2.05, 4.69) is 15.0 Å². The SMILES string of the molecule is O=C1Cc2cc(S(=O)(=O)NCc3cn4ccsc4n3)ccc2N1. The fourth-order valence-corrected chi connectivity index (χ4v) is 4.25. The van der Waals surface area contributed by atoms with Gasteiger partial charge in [0.1, 0.15) is 0 Å². The molecule has 0 bridgehead atoms. The zero-order valence-electron chi connectivity index (χ0n) is 11.8. The van der Waals surface area contributed by atoms with Crippen molar-refractivity contribution < 1.29 is 13.2 Å². The first-order valence-electron chi connectivity index (χ1n) is 6.85. The van der Waals surface area contributed by atoms with Crippen molar-refractivity contribution in [2.75, 3.05) is 5.32 Å². The lowest BCUT2D eigenvalue weighted by molar-refractivity contribution is -0.115. The average Bonchev–Trinajstić information content (AvgIpc) is 3.16. The number of hydrogen-bond donors (Lipinski definition) is 2. The zero-order chi connectivity index (χ0) is 16.0. The molecule has 1 amide bonds. The number of thiazole rings is 1. The second kappa shape index (κ2) is 5.15. The van der Waals surface area contributed by atoms with E-state index in [0.717, 1.165) is 4.96 Å². The van der Waals surface area contributed by atoms with Crippen LogP contribution in [0, 0.1) is 0 Å². The molecule has 4 rings (SSSR count). The first kappa shape index (κ1) is 14.4. The molecule has 1 aromatic carbocycles. The van der Waals surface area contributed by atoms with E-state index in [1.54, 1.807) is 12.3 Å². The summed E-state index contributed by atoms with van der Waals surface area (Å²) < 4.78 is 29.2. The number of hydrogen-bond acceptors (Lipinski definition) is 5. The van der Waals surface area contributed by atoms with Gasteiger partial charge in [-0.25, -0.2) is 18.1 Å². The molecule has 1 aliphatic rings. The van der Waals surface area contributed by atoms with Gasteiger partial charge in [0.05, 0.1) is 23.6 Å². The molecule has 2 aromatic heterocycles. The Labute approximate surface area is 136 Å². The number of benzene rings is 1. The van der Waals surface area contributed by atoms with E-state index >= 15 is 0 Å². The van der Waals surface area contributed by atoms with E-state index in [9.17, 15) is 13.2 Å². The third kappa shape index (κ3) is 2.62. The number of nitrogens with one attached hydrogen (secondary N) is 2. The van der Waals surface area contributed by atoms with Gasteiger partial charge in [-0.2, -0.15) is 0 Å². The number of aromatic nitrogens is 2. The minimum absolute atomic E-state index is 0.116. The minimum atomic E-state index is -3.65. The number of sulfonamides is 1. The fraction of sp³-hybridized carbons (Fsp3) is 0.143. The summed E-state index contributed by atoms with van der Waals surface area (Å²) in [5, 5.41) is 4.59. The molecule has 0 saturated heterocycles. The van der Waals surface area contributed by atoms with Crippen molar-refractivity contribution in [3.63, 3.8) is 0 Å². The van der Waals surface area contributed by atoms with Gasteiger partial charge in [-0.15, -0.1) is 11.3 Å². The molecule has 2 N–H and O–H groups in total. The van der Waals surface area contributed by atoms with Crippen LogP contribution < -0.4 is 10.0 Å². The second-order valence-corrected chi connectivity index (χ2v) is 7.83. The normalized spacial score (nSPS) is 14.2. The van der Waals surface area contributed by atoms with Crippen molar-refractivity contribution in [2.24, 2.45) is 0 Å². The highest BCUT2D eigenvalue weighted by molar-refractivity contribution is 7.89. The third-order valence-electron chi connectivity index (χ3n) is 3.60. The molecule has 0 spiro atoms. The lowest BCUT2D eigenvalue weighted by Gasteiger charge is -2.07. The van der Waals surface area contributed by atoms with Gasteiger partial charge >= 0.3 is 0 Å². The van der Waals surface area contributed by atoms with Crippen LogP contribution in [0.2, 0.25) is 0 Å². The summed E-state index contributed by atoms with van der Waals surface area (Å²) >= 11 is 1.49. The Kier molecular flexibility index (Phi) is 3.22. The lowest BCUT2D eigenvalue weighted by atomic mass is 10.2. The van der Waals surface area contributed by atoms with Gasteiger partial charge in [0.15, 0.2) is 4.96 Å². The van der Waals surface area contributed by atoms with Gasteiger partial charge in [-0.1, -0.05) is 0 Å². The van der Waals surface area contributed by atoms with Crippen LogP contribution in [0.15, 0.2) is 40.9 Å². The van der Waals surface area contributed by atoms with Crippen molar-refractivity contribution in [3.8, 4) is 0 Å². The van der Waals surface area contributed by atoms with Crippen LogP contribution >= 0.6 is 11.3 Å². The summed E-state index contributed by atoms with van der Waals surface area (Å²) in [6.07, 6.45) is 3.87. The minimum Gasteiger partial charge on any atom is -0.326 e. The maximum atomic E-state index is 12.4. The van der Waals surface area contributed by atoms with Gasteiger partial charge in [-0.05, 0) is 23.8 Å². The number of amides is 1. The standard InChI is InChI=1S/C14H12N4O3S2/c19-13-6-9-5-11(1-2-12(9)17-13)23(20,21)15-7-10-8-18-3-4-22-14(18)16-10/h1-5,8,15H,6-7H2,(H,17,19). The molecule has 3 heterocycles. The smallest absolute Gasteiger partial charge is 0.240 e. The van der Waals surface area contributed by atoms with Crippen LogP contribution in [0.4, 0.5) is 5.69 Å². The largest absolute Gasteiger partial charge is 0.326 e. The Hall–Kier alpha value is -2.23. The number of rotatable bonds is 4. The van der Waals surface area contributed by atoms with E-state index in [1.807, 2.05) is 16.0 Å². The van der Waals surface area contributed by atoms with E-state index < -0.39 is 10.0 Å². The third-order valence-corrected chi connectivity index (χ3v) is 5.77. The highest BCUT2D eigenvalue weighted by Crippen LogP contribution is 2.25. The Morgan fingerprint density at radius 2 is 2.26 bits per heavy atom. The van der Waals surface area contributed by atoms with Crippen LogP contribution in [0.5, 0.6) is 0 Å². The van der Waals surface area contributed by atoms with E-state index in [4.69, 9.17) is 0 Å². The second-order valence-electron chi connectivity index (χ2n) is 5.19. The monoisotopic (exact) mass is 348 g/mol. The maximum absolute atomic E-state index is 12.4. The summed E-state index contributed by atoms with van der Waals surface area (Å²) in [5.74, 6) is -0.124. The zero-order valence-corrected chi connectivity index (χ0v) is 13.4. The van der Waals surface area contributed by atoms with Crippen molar-refractivity contribution in [2.45, 2.75) is 17.9 Å². The Morgan fingerprint density at radius 3 is 3.09 bits per heavy atom. The number of carbonyl (C=O) groups is 1. The number of anilines is 1. The summed E-state index contributed by atoms with van der Waals surface area (Å²) in [6, 6.07) is 4.63. The lowest BCUT2D eigenvalue weighted by Crippen LogP contribution is -2.23. The number of carbonyl (C=O) groups excluding carboxylic acids is 1. The predicted octanol–water partition coefficient (Wildman–Crippen LogP) is 1.37. The van der Waals surface area contributed by atoms with E-state index in [0.29, 0.717) is 16.9 Å². The first-order chi connectivity index (χ1) is 11.0. The molecule has 0 fully saturated rings. The molecule has 0 unspecified atom stereocenters. The summed E-state index contributed by atoms with van der Waals surface area (Å²) in [6.45, 7) is 0.116. The molecule has 0 atom stereocenters. The highest BCUT2D eigenvalue weighted by atomic mass is 32.2. The Balaban J connectivity index is 1.55. The molecule has 7 nitrogen and oxygen atoms in total. The van der Waals surface area contributed by atoms with Crippen molar-refractivity contribution in [1.82, 2.24) is 14.1 Å². The molecule has 0 radical (unpaired) electrons. The average molecular weight is 348 g/mol. The molecule has 1 aliphatic heterocycles. The highest BCUT2D eigenvalue weighted by Gasteiger charge is 2.21. The summed E-state index contributed by atoms with van der Waals surface area (Å²) in [4.78, 5) is 16.7. The quantitative estimate of drug-likeness (QED) is 0.745. The first-order valence-corrected chi connectivity index (χ1v) is 9.21. The molecule has 118 valence electrons. The molecule has 0 saturated carbocycles. The van der Waals surface area contributed by atoms with Crippen molar-refractivity contribution >= 4 is 37.9 Å².